The second kappa shape index (κ2) is 5.93. The average Bonchev–Trinajstić information content (AvgIpc) is 2.46. The van der Waals surface area contributed by atoms with Gasteiger partial charge in [0.25, 0.3) is 0 Å². The monoisotopic (exact) mass is 262 g/mol. The van der Waals surface area contributed by atoms with E-state index in [4.69, 9.17) is 10.5 Å². The van der Waals surface area contributed by atoms with E-state index in [9.17, 15) is 0 Å². The minimum absolute atomic E-state index is 0.0861. The zero-order valence-electron chi connectivity index (χ0n) is 12.4. The minimum Gasteiger partial charge on any atom is -0.381 e. The molecule has 1 aliphatic carbocycles. The first-order valence-electron chi connectivity index (χ1n) is 7.15. The number of rotatable bonds is 4. The molecule has 2 N–H and O–H groups in total. The second-order valence-corrected chi connectivity index (χ2v) is 5.76. The molecule has 1 saturated carbocycles. The Bertz CT molecular complexity index is 411. The molecule has 3 heteroatoms. The Hall–Kier alpha value is -1.06. The third-order valence-electron chi connectivity index (χ3n) is 4.68. The second-order valence-electron chi connectivity index (χ2n) is 5.76. The van der Waals surface area contributed by atoms with Crippen molar-refractivity contribution in [3.05, 3.63) is 29.8 Å². The van der Waals surface area contributed by atoms with Gasteiger partial charge in [-0.3, -0.25) is 0 Å². The Morgan fingerprint density at radius 1 is 1.37 bits per heavy atom. The van der Waals surface area contributed by atoms with E-state index < -0.39 is 0 Å². The molecule has 0 aromatic heterocycles. The molecule has 1 aromatic rings. The molecule has 0 saturated heterocycles. The Kier molecular flexibility index (Phi) is 4.48. The van der Waals surface area contributed by atoms with Crippen molar-refractivity contribution in [2.75, 3.05) is 25.6 Å². The number of methoxy groups -OCH3 is 1. The first-order chi connectivity index (χ1) is 9.11. The van der Waals surface area contributed by atoms with Gasteiger partial charge in [-0.2, -0.15) is 0 Å². The summed E-state index contributed by atoms with van der Waals surface area (Å²) in [4.78, 5) is 2.38. The van der Waals surface area contributed by atoms with Crippen LogP contribution in [0.1, 0.15) is 31.2 Å². The summed E-state index contributed by atoms with van der Waals surface area (Å²) in [5.74, 6) is 0. The van der Waals surface area contributed by atoms with E-state index in [1.165, 1.54) is 11.3 Å². The van der Waals surface area contributed by atoms with Crippen LogP contribution in [-0.4, -0.2) is 32.3 Å². The summed E-state index contributed by atoms with van der Waals surface area (Å²) in [6.07, 6.45) is 4.82. The number of hydrogen-bond donors (Lipinski definition) is 1. The number of benzene rings is 1. The smallest absolute Gasteiger partial charge is 0.0573 e. The number of ether oxygens (including phenoxy) is 1. The van der Waals surface area contributed by atoms with Crippen LogP contribution in [0.25, 0.3) is 0 Å². The van der Waals surface area contributed by atoms with E-state index in [0.717, 1.165) is 25.7 Å². The third kappa shape index (κ3) is 2.93. The molecule has 3 nitrogen and oxygen atoms in total. The summed E-state index contributed by atoms with van der Waals surface area (Å²) in [5, 5.41) is 0. The van der Waals surface area contributed by atoms with Crippen LogP contribution in [-0.2, 0) is 4.74 Å². The maximum absolute atomic E-state index is 6.12. The normalized spacial score (nSPS) is 27.3. The Morgan fingerprint density at radius 3 is 2.58 bits per heavy atom. The van der Waals surface area contributed by atoms with Crippen molar-refractivity contribution >= 4 is 5.69 Å². The fourth-order valence-corrected chi connectivity index (χ4v) is 3.15. The van der Waals surface area contributed by atoms with Gasteiger partial charge in [0.1, 0.15) is 0 Å². The average molecular weight is 262 g/mol. The molecule has 0 unspecified atom stereocenters. The molecule has 106 valence electrons. The largest absolute Gasteiger partial charge is 0.381 e. The van der Waals surface area contributed by atoms with Gasteiger partial charge in [-0.15, -0.1) is 0 Å². The van der Waals surface area contributed by atoms with Crippen molar-refractivity contribution in [3.63, 3.8) is 0 Å². The highest BCUT2D eigenvalue weighted by Crippen LogP contribution is 2.36. The molecule has 19 heavy (non-hydrogen) atoms. The van der Waals surface area contributed by atoms with Crippen molar-refractivity contribution in [3.8, 4) is 0 Å². The van der Waals surface area contributed by atoms with Gasteiger partial charge in [0.2, 0.25) is 0 Å². The van der Waals surface area contributed by atoms with E-state index in [2.05, 4.69) is 43.1 Å². The molecule has 2 rings (SSSR count). The SMILES string of the molecule is COC1CCC(CN)(N(C)c2cccc(C)c2)CC1. The maximum atomic E-state index is 6.12. The van der Waals surface area contributed by atoms with Crippen LogP contribution in [0.2, 0.25) is 0 Å². The maximum Gasteiger partial charge on any atom is 0.0573 e. The van der Waals surface area contributed by atoms with Crippen LogP contribution >= 0.6 is 0 Å². The molecule has 0 atom stereocenters. The highest BCUT2D eigenvalue weighted by Gasteiger charge is 2.37. The summed E-state index contributed by atoms with van der Waals surface area (Å²) in [5.41, 5.74) is 8.76. The van der Waals surface area contributed by atoms with Crippen LogP contribution in [0.4, 0.5) is 5.69 Å². The number of hydrogen-bond acceptors (Lipinski definition) is 3. The van der Waals surface area contributed by atoms with Crippen molar-refractivity contribution in [2.24, 2.45) is 5.73 Å². The van der Waals surface area contributed by atoms with Gasteiger partial charge in [0, 0.05) is 26.4 Å². The van der Waals surface area contributed by atoms with Crippen LogP contribution < -0.4 is 10.6 Å². The van der Waals surface area contributed by atoms with Crippen molar-refractivity contribution in [1.29, 1.82) is 0 Å². The van der Waals surface area contributed by atoms with E-state index >= 15 is 0 Å². The van der Waals surface area contributed by atoms with Crippen LogP contribution in [0.3, 0.4) is 0 Å². The minimum atomic E-state index is 0.0861. The van der Waals surface area contributed by atoms with Crippen molar-refractivity contribution in [1.82, 2.24) is 0 Å². The number of likely N-dealkylation sites (N-methyl/N-ethyl adjacent to an activating group) is 1. The molecule has 0 bridgehead atoms. The van der Waals surface area contributed by atoms with Gasteiger partial charge in [-0.25, -0.2) is 0 Å². The number of anilines is 1. The summed E-state index contributed by atoms with van der Waals surface area (Å²) in [6.45, 7) is 2.84. The summed E-state index contributed by atoms with van der Waals surface area (Å²) >= 11 is 0. The summed E-state index contributed by atoms with van der Waals surface area (Å²) in [7, 11) is 3.99. The molecule has 0 amide bonds. The quantitative estimate of drug-likeness (QED) is 0.906. The summed E-state index contributed by atoms with van der Waals surface area (Å²) in [6, 6.07) is 8.66. The molecular formula is C16H26N2O. The van der Waals surface area contributed by atoms with Crippen LogP contribution in [0.5, 0.6) is 0 Å². The van der Waals surface area contributed by atoms with E-state index in [1.54, 1.807) is 0 Å². The Morgan fingerprint density at radius 2 is 2.05 bits per heavy atom. The zero-order chi connectivity index (χ0) is 13.9. The van der Waals surface area contributed by atoms with Gasteiger partial charge in [0.05, 0.1) is 11.6 Å². The lowest BCUT2D eigenvalue weighted by molar-refractivity contribution is 0.0505. The molecule has 1 aromatic carbocycles. The van der Waals surface area contributed by atoms with Crippen molar-refractivity contribution < 1.29 is 4.74 Å². The first kappa shape index (κ1) is 14.4. The molecular weight excluding hydrogens is 236 g/mol. The number of nitrogens with zero attached hydrogens (tertiary/aromatic N) is 1. The highest BCUT2D eigenvalue weighted by molar-refractivity contribution is 5.50. The van der Waals surface area contributed by atoms with E-state index in [0.29, 0.717) is 12.6 Å². The Labute approximate surface area is 116 Å². The van der Waals surface area contributed by atoms with Gasteiger partial charge < -0.3 is 15.4 Å². The number of nitrogens with two attached hydrogens (primary N) is 1. The molecule has 1 fully saturated rings. The van der Waals surface area contributed by atoms with Crippen LogP contribution in [0.15, 0.2) is 24.3 Å². The third-order valence-corrected chi connectivity index (χ3v) is 4.68. The van der Waals surface area contributed by atoms with E-state index in [1.807, 2.05) is 7.11 Å². The summed E-state index contributed by atoms with van der Waals surface area (Å²) < 4.78 is 5.47. The fraction of sp³-hybridized carbons (Fsp3) is 0.625. The first-order valence-corrected chi connectivity index (χ1v) is 7.15. The number of aryl methyl sites for hydroxylation is 1. The standard InChI is InChI=1S/C16H26N2O/c1-13-5-4-6-14(11-13)18(2)16(12-17)9-7-15(19-3)8-10-16/h4-6,11,15H,7-10,12,17H2,1-3H3. The lowest BCUT2D eigenvalue weighted by Crippen LogP contribution is -2.55. The van der Waals surface area contributed by atoms with Crippen molar-refractivity contribution in [2.45, 2.75) is 44.2 Å². The molecule has 0 spiro atoms. The Balaban J connectivity index is 2.17. The topological polar surface area (TPSA) is 38.5 Å². The van der Waals surface area contributed by atoms with Gasteiger partial charge in [-0.05, 0) is 50.3 Å². The predicted octanol–water partition coefficient (Wildman–Crippen LogP) is 2.72. The van der Waals surface area contributed by atoms with Gasteiger partial charge in [-0.1, -0.05) is 12.1 Å². The van der Waals surface area contributed by atoms with Gasteiger partial charge in [0.15, 0.2) is 0 Å². The lowest BCUT2D eigenvalue weighted by Gasteiger charge is -2.47. The zero-order valence-corrected chi connectivity index (χ0v) is 12.4. The molecule has 1 aliphatic rings. The molecule has 0 radical (unpaired) electrons. The fourth-order valence-electron chi connectivity index (χ4n) is 3.15. The highest BCUT2D eigenvalue weighted by atomic mass is 16.5. The molecule has 0 heterocycles. The van der Waals surface area contributed by atoms with Crippen LogP contribution in [0, 0.1) is 6.92 Å². The van der Waals surface area contributed by atoms with E-state index in [-0.39, 0.29) is 5.54 Å². The predicted molar refractivity (Wildman–Crippen MR) is 80.6 cm³/mol. The van der Waals surface area contributed by atoms with Gasteiger partial charge >= 0.3 is 0 Å². The molecule has 0 aliphatic heterocycles. The lowest BCUT2D eigenvalue weighted by atomic mass is 9.79.